The van der Waals surface area contributed by atoms with Gasteiger partial charge in [0.2, 0.25) is 5.82 Å². The molecular formula is C10H14FN7O2. The van der Waals surface area contributed by atoms with Crippen molar-refractivity contribution >= 4 is 11.5 Å². The van der Waals surface area contributed by atoms with Gasteiger partial charge < -0.3 is 4.90 Å². The number of nitrogens with zero attached hydrogens (tertiary/aromatic N) is 7. The summed E-state index contributed by atoms with van der Waals surface area (Å²) in [6.07, 6.45) is 0.417. The summed E-state index contributed by atoms with van der Waals surface area (Å²) in [5, 5.41) is 18.3. The van der Waals surface area contributed by atoms with E-state index in [9.17, 15) is 14.5 Å². The van der Waals surface area contributed by atoms with Gasteiger partial charge in [-0.05, 0) is 18.4 Å². The van der Waals surface area contributed by atoms with Crippen molar-refractivity contribution in [2.75, 3.05) is 18.0 Å². The molecule has 9 nitrogen and oxygen atoms in total. The summed E-state index contributed by atoms with van der Waals surface area (Å²) in [5.74, 6) is 0.351. The molecule has 1 aliphatic heterocycles. The lowest BCUT2D eigenvalue weighted by atomic mass is 10.1. The lowest BCUT2D eigenvalue weighted by Gasteiger charge is -2.21. The van der Waals surface area contributed by atoms with E-state index in [2.05, 4.69) is 15.1 Å². The van der Waals surface area contributed by atoms with Crippen LogP contribution < -0.4 is 4.90 Å². The number of anilines is 1. The van der Waals surface area contributed by atoms with Crippen LogP contribution in [0.2, 0.25) is 0 Å². The van der Waals surface area contributed by atoms with Crippen LogP contribution in [0, 0.1) is 10.1 Å². The molecule has 1 aromatic rings. The largest absolute Gasteiger partial charge is 0.351 e. The zero-order valence-corrected chi connectivity index (χ0v) is 10.9. The summed E-state index contributed by atoms with van der Waals surface area (Å²) in [6.45, 7) is 0.698. The van der Waals surface area contributed by atoms with Crippen LogP contribution in [0.3, 0.4) is 0 Å². The minimum atomic E-state index is -1.23. The fraction of sp³-hybridized carbons (Fsp3) is 0.700. The summed E-state index contributed by atoms with van der Waals surface area (Å²) < 4.78 is 15.2. The second-order valence-corrected chi connectivity index (χ2v) is 4.59. The predicted octanol–water partition coefficient (Wildman–Crippen LogP) is 1.95. The topological polar surface area (TPSA) is 113 Å². The molecule has 1 fully saturated rings. The lowest BCUT2D eigenvalue weighted by Crippen LogP contribution is -2.27. The molecule has 1 saturated heterocycles. The van der Waals surface area contributed by atoms with Gasteiger partial charge in [0.25, 0.3) is 0 Å². The Morgan fingerprint density at radius 2 is 2.30 bits per heavy atom. The van der Waals surface area contributed by atoms with Gasteiger partial charge in [-0.15, -0.1) is 0 Å². The average molecular weight is 283 g/mol. The smallest absolute Gasteiger partial charge is 0.331 e. The maximum absolute atomic E-state index is 13.8. The number of nitro groups is 1. The van der Waals surface area contributed by atoms with Crippen molar-refractivity contribution in [3.63, 3.8) is 0 Å². The Bertz CT molecular complexity index is 554. The maximum atomic E-state index is 13.8. The molecular weight excluding hydrogens is 269 g/mol. The highest BCUT2D eigenvalue weighted by Gasteiger charge is 2.30. The molecule has 0 bridgehead atoms. The molecule has 10 heteroatoms. The lowest BCUT2D eigenvalue weighted by molar-refractivity contribution is -0.384. The third-order valence-corrected chi connectivity index (χ3v) is 3.37. The molecule has 2 rings (SSSR count). The Labute approximate surface area is 113 Å². The second-order valence-electron chi connectivity index (χ2n) is 4.59. The van der Waals surface area contributed by atoms with Gasteiger partial charge in [0.1, 0.15) is 12.4 Å². The number of rotatable bonds is 3. The van der Waals surface area contributed by atoms with E-state index < -0.39 is 17.1 Å². The van der Waals surface area contributed by atoms with Crippen LogP contribution >= 0.6 is 0 Å². The zero-order valence-electron chi connectivity index (χ0n) is 10.9. The third-order valence-electron chi connectivity index (χ3n) is 3.37. The van der Waals surface area contributed by atoms with Crippen LogP contribution in [0.1, 0.15) is 12.8 Å². The van der Waals surface area contributed by atoms with Gasteiger partial charge in [0, 0.05) is 25.0 Å². The minimum absolute atomic E-state index is 0.106. The van der Waals surface area contributed by atoms with E-state index in [0.717, 1.165) is 0 Å². The Morgan fingerprint density at radius 3 is 2.95 bits per heavy atom. The summed E-state index contributed by atoms with van der Waals surface area (Å²) >= 11 is 0. The Kier molecular flexibility index (Phi) is 4.04. The van der Waals surface area contributed by atoms with Crippen molar-refractivity contribution < 1.29 is 9.31 Å². The highest BCUT2D eigenvalue weighted by atomic mass is 19.1. The number of aryl methyl sites for hydroxylation is 1. The van der Waals surface area contributed by atoms with E-state index in [4.69, 9.17) is 5.53 Å². The quantitative estimate of drug-likeness (QED) is 0.277. The molecule has 2 atom stereocenters. The first-order valence-corrected chi connectivity index (χ1v) is 6.14. The van der Waals surface area contributed by atoms with Gasteiger partial charge in [-0.25, -0.2) is 9.07 Å². The summed E-state index contributed by atoms with van der Waals surface area (Å²) in [7, 11) is 1.60. The van der Waals surface area contributed by atoms with Crippen LogP contribution in [0.5, 0.6) is 0 Å². The molecule has 1 aliphatic rings. The molecule has 0 aliphatic carbocycles. The van der Waals surface area contributed by atoms with Gasteiger partial charge in [-0.1, -0.05) is 5.11 Å². The normalized spacial score (nSPS) is 23.0. The molecule has 0 amide bonds. The number of aromatic nitrogens is 2. The zero-order chi connectivity index (χ0) is 14.7. The maximum Gasteiger partial charge on any atom is 0.331 e. The first-order valence-electron chi connectivity index (χ1n) is 6.14. The average Bonchev–Trinajstić information content (AvgIpc) is 2.70. The molecule has 108 valence electrons. The second kappa shape index (κ2) is 5.74. The molecule has 0 aromatic carbocycles. The molecule has 0 saturated carbocycles. The van der Waals surface area contributed by atoms with Crippen LogP contribution in [0.4, 0.5) is 15.9 Å². The first-order chi connectivity index (χ1) is 9.54. The fourth-order valence-electron chi connectivity index (χ4n) is 2.38. The number of halogens is 1. The molecule has 0 radical (unpaired) electrons. The van der Waals surface area contributed by atoms with E-state index in [-0.39, 0.29) is 12.1 Å². The fourth-order valence-corrected chi connectivity index (χ4v) is 2.38. The van der Waals surface area contributed by atoms with Crippen LogP contribution in [-0.4, -0.2) is 40.0 Å². The van der Waals surface area contributed by atoms with E-state index in [1.54, 1.807) is 11.9 Å². The van der Waals surface area contributed by atoms with Crippen LogP contribution in [0.25, 0.3) is 10.4 Å². The molecule has 2 heterocycles. The number of alkyl halides is 1. The van der Waals surface area contributed by atoms with Crippen molar-refractivity contribution in [3.05, 3.63) is 26.8 Å². The third kappa shape index (κ3) is 2.64. The Morgan fingerprint density at radius 1 is 1.60 bits per heavy atom. The van der Waals surface area contributed by atoms with Crippen molar-refractivity contribution in [1.29, 1.82) is 0 Å². The van der Waals surface area contributed by atoms with Crippen molar-refractivity contribution in [1.82, 2.24) is 9.78 Å². The summed E-state index contributed by atoms with van der Waals surface area (Å²) in [5.41, 5.74) is 8.31. The summed E-state index contributed by atoms with van der Waals surface area (Å²) in [6, 6.07) is -0.725. The van der Waals surface area contributed by atoms with E-state index in [0.29, 0.717) is 25.3 Å². The van der Waals surface area contributed by atoms with Gasteiger partial charge in [0.15, 0.2) is 0 Å². The van der Waals surface area contributed by atoms with E-state index in [1.807, 2.05) is 0 Å². The highest BCUT2D eigenvalue weighted by Crippen LogP contribution is 2.30. The van der Waals surface area contributed by atoms with Gasteiger partial charge in [-0.3, -0.25) is 10.1 Å². The van der Waals surface area contributed by atoms with Crippen molar-refractivity contribution in [2.24, 2.45) is 12.2 Å². The minimum Gasteiger partial charge on any atom is -0.351 e. The first kappa shape index (κ1) is 14.1. The van der Waals surface area contributed by atoms with Crippen molar-refractivity contribution in [2.45, 2.75) is 25.1 Å². The number of azide groups is 1. The standard InChI is InChI=1S/C10H14FN7O2/c1-16-10(9(6-13-16)18(19)20)17-4-2-7(11)8(3-5-17)14-15-12/h6-8H,2-5H2,1H3/t7-,8+/m1/s1. The van der Waals surface area contributed by atoms with Gasteiger partial charge >= 0.3 is 5.69 Å². The molecule has 0 unspecified atom stereocenters. The van der Waals surface area contributed by atoms with Gasteiger partial charge in [0.05, 0.1) is 11.0 Å². The number of hydrogen-bond donors (Lipinski definition) is 0. The van der Waals surface area contributed by atoms with Crippen LogP contribution in [0.15, 0.2) is 11.3 Å². The van der Waals surface area contributed by atoms with E-state index in [1.165, 1.54) is 10.9 Å². The molecule has 20 heavy (non-hydrogen) atoms. The Hall–Kier alpha value is -2.35. The SMILES string of the molecule is Cn1ncc([N+](=O)[O-])c1N1CC[C@@H](F)[C@@H](N=[N+]=[N-])CC1. The van der Waals surface area contributed by atoms with Crippen LogP contribution in [-0.2, 0) is 7.05 Å². The summed E-state index contributed by atoms with van der Waals surface area (Å²) in [4.78, 5) is 14.8. The molecule has 0 spiro atoms. The van der Waals surface area contributed by atoms with Gasteiger partial charge in [-0.2, -0.15) is 5.10 Å². The van der Waals surface area contributed by atoms with Crippen molar-refractivity contribution in [3.8, 4) is 0 Å². The predicted molar refractivity (Wildman–Crippen MR) is 69.1 cm³/mol. The monoisotopic (exact) mass is 283 g/mol. The molecule has 0 N–H and O–H groups in total. The number of hydrogen-bond acceptors (Lipinski definition) is 5. The molecule has 1 aromatic heterocycles. The Balaban J connectivity index is 2.24. The van der Waals surface area contributed by atoms with E-state index >= 15 is 0 Å². The highest BCUT2D eigenvalue weighted by molar-refractivity contribution is 5.57.